The SMILES string of the molecule is CC(O)CC(C)NCc1ccc(Cl)c(Cl)c1. The second kappa shape index (κ2) is 6.45. The van der Waals surface area contributed by atoms with Crippen LogP contribution in [0.2, 0.25) is 10.0 Å². The Kier molecular flexibility index (Phi) is 5.56. The topological polar surface area (TPSA) is 32.3 Å². The lowest BCUT2D eigenvalue weighted by atomic mass is 10.1. The van der Waals surface area contributed by atoms with Gasteiger partial charge in [0.2, 0.25) is 0 Å². The van der Waals surface area contributed by atoms with Crippen LogP contribution in [0.25, 0.3) is 0 Å². The van der Waals surface area contributed by atoms with E-state index in [1.54, 1.807) is 13.0 Å². The van der Waals surface area contributed by atoms with E-state index < -0.39 is 0 Å². The molecule has 0 spiro atoms. The van der Waals surface area contributed by atoms with E-state index in [9.17, 15) is 5.11 Å². The van der Waals surface area contributed by atoms with Crippen LogP contribution in [0.3, 0.4) is 0 Å². The van der Waals surface area contributed by atoms with E-state index in [0.717, 1.165) is 18.5 Å². The number of aliphatic hydroxyl groups is 1. The normalized spacial score (nSPS) is 14.8. The molecule has 0 fully saturated rings. The lowest BCUT2D eigenvalue weighted by Gasteiger charge is -2.15. The number of benzene rings is 1. The highest BCUT2D eigenvalue weighted by molar-refractivity contribution is 6.42. The molecule has 2 nitrogen and oxygen atoms in total. The largest absolute Gasteiger partial charge is 0.393 e. The lowest BCUT2D eigenvalue weighted by molar-refractivity contribution is 0.170. The van der Waals surface area contributed by atoms with Crippen LogP contribution in [0, 0.1) is 0 Å². The van der Waals surface area contributed by atoms with Gasteiger partial charge in [-0.2, -0.15) is 0 Å². The number of halogens is 2. The minimum atomic E-state index is -0.281. The second-order valence-corrected chi connectivity index (χ2v) is 4.93. The maximum absolute atomic E-state index is 9.22. The van der Waals surface area contributed by atoms with E-state index in [-0.39, 0.29) is 12.1 Å². The van der Waals surface area contributed by atoms with E-state index in [1.165, 1.54) is 0 Å². The molecular weight excluding hydrogens is 245 g/mol. The third-order valence-corrected chi connectivity index (χ3v) is 3.07. The lowest BCUT2D eigenvalue weighted by Crippen LogP contribution is -2.28. The van der Waals surface area contributed by atoms with Crippen molar-refractivity contribution >= 4 is 23.2 Å². The molecule has 0 aromatic heterocycles. The number of aliphatic hydroxyl groups excluding tert-OH is 1. The molecule has 16 heavy (non-hydrogen) atoms. The van der Waals surface area contributed by atoms with Crippen molar-refractivity contribution in [1.82, 2.24) is 5.32 Å². The van der Waals surface area contributed by atoms with Crippen LogP contribution < -0.4 is 5.32 Å². The highest BCUT2D eigenvalue weighted by atomic mass is 35.5. The fourth-order valence-electron chi connectivity index (χ4n) is 1.54. The molecule has 0 amide bonds. The molecule has 0 aliphatic carbocycles. The van der Waals surface area contributed by atoms with Gasteiger partial charge in [0.25, 0.3) is 0 Å². The highest BCUT2D eigenvalue weighted by Gasteiger charge is 2.06. The molecular formula is C12H17Cl2NO. The molecule has 2 N–H and O–H groups in total. The Labute approximate surface area is 107 Å². The van der Waals surface area contributed by atoms with Crippen molar-refractivity contribution < 1.29 is 5.11 Å². The smallest absolute Gasteiger partial charge is 0.0595 e. The number of rotatable bonds is 5. The maximum atomic E-state index is 9.22. The monoisotopic (exact) mass is 261 g/mol. The van der Waals surface area contributed by atoms with Crippen LogP contribution in [0.15, 0.2) is 18.2 Å². The molecule has 0 heterocycles. The molecule has 90 valence electrons. The Balaban J connectivity index is 2.45. The molecule has 0 aliphatic heterocycles. The molecule has 2 unspecified atom stereocenters. The number of hydrogen-bond acceptors (Lipinski definition) is 2. The van der Waals surface area contributed by atoms with E-state index in [4.69, 9.17) is 23.2 Å². The molecule has 4 heteroatoms. The van der Waals surface area contributed by atoms with Gasteiger partial charge in [-0.25, -0.2) is 0 Å². The summed E-state index contributed by atoms with van der Waals surface area (Å²) in [5, 5.41) is 13.7. The highest BCUT2D eigenvalue weighted by Crippen LogP contribution is 2.22. The summed E-state index contributed by atoms with van der Waals surface area (Å²) in [5.74, 6) is 0. The van der Waals surface area contributed by atoms with Crippen molar-refractivity contribution in [2.24, 2.45) is 0 Å². The van der Waals surface area contributed by atoms with Crippen molar-refractivity contribution in [3.8, 4) is 0 Å². The van der Waals surface area contributed by atoms with Crippen LogP contribution in [-0.2, 0) is 6.54 Å². The van der Waals surface area contributed by atoms with E-state index >= 15 is 0 Å². The predicted octanol–water partition coefficient (Wildman–Crippen LogP) is 3.24. The third-order valence-electron chi connectivity index (χ3n) is 2.33. The standard InChI is InChI=1S/C12H17Cl2NO/c1-8(5-9(2)16)15-7-10-3-4-11(13)12(14)6-10/h3-4,6,8-9,15-16H,5,7H2,1-2H3. The van der Waals surface area contributed by atoms with E-state index in [0.29, 0.717) is 10.0 Å². The van der Waals surface area contributed by atoms with Gasteiger partial charge in [0.15, 0.2) is 0 Å². The first-order chi connectivity index (χ1) is 7.49. The number of nitrogens with one attached hydrogen (secondary N) is 1. The molecule has 1 aromatic rings. The van der Waals surface area contributed by atoms with Gasteiger partial charge < -0.3 is 10.4 Å². The fourth-order valence-corrected chi connectivity index (χ4v) is 1.86. The van der Waals surface area contributed by atoms with Gasteiger partial charge in [-0.3, -0.25) is 0 Å². The first kappa shape index (κ1) is 13.8. The molecule has 0 bridgehead atoms. The minimum absolute atomic E-state index is 0.273. The summed E-state index contributed by atoms with van der Waals surface area (Å²) in [5.41, 5.74) is 1.09. The maximum Gasteiger partial charge on any atom is 0.0595 e. The molecule has 1 rings (SSSR count). The summed E-state index contributed by atoms with van der Waals surface area (Å²) in [4.78, 5) is 0. The van der Waals surface area contributed by atoms with Gasteiger partial charge in [-0.15, -0.1) is 0 Å². The molecule has 2 atom stereocenters. The Morgan fingerprint density at radius 3 is 2.50 bits per heavy atom. The predicted molar refractivity (Wildman–Crippen MR) is 69.1 cm³/mol. The average Bonchev–Trinajstić information content (AvgIpc) is 2.19. The third kappa shape index (κ3) is 4.71. The van der Waals surface area contributed by atoms with E-state index in [1.807, 2.05) is 19.1 Å². The van der Waals surface area contributed by atoms with Crippen molar-refractivity contribution in [1.29, 1.82) is 0 Å². The summed E-state index contributed by atoms with van der Waals surface area (Å²) in [6.45, 7) is 4.56. The van der Waals surface area contributed by atoms with Gasteiger partial charge in [0.1, 0.15) is 0 Å². The Morgan fingerprint density at radius 1 is 1.25 bits per heavy atom. The van der Waals surface area contributed by atoms with Crippen LogP contribution in [0.1, 0.15) is 25.8 Å². The van der Waals surface area contributed by atoms with E-state index in [2.05, 4.69) is 5.32 Å². The molecule has 0 saturated heterocycles. The van der Waals surface area contributed by atoms with Gasteiger partial charge in [0.05, 0.1) is 16.1 Å². The van der Waals surface area contributed by atoms with Crippen molar-refractivity contribution in [3.63, 3.8) is 0 Å². The summed E-state index contributed by atoms with van der Waals surface area (Å²) in [7, 11) is 0. The summed E-state index contributed by atoms with van der Waals surface area (Å²) >= 11 is 11.7. The van der Waals surface area contributed by atoms with Gasteiger partial charge in [0, 0.05) is 12.6 Å². The Morgan fingerprint density at radius 2 is 1.94 bits per heavy atom. The summed E-state index contributed by atoms with van der Waals surface area (Å²) in [6, 6.07) is 5.86. The minimum Gasteiger partial charge on any atom is -0.393 e. The Bertz CT molecular complexity index is 342. The van der Waals surface area contributed by atoms with Crippen LogP contribution >= 0.6 is 23.2 Å². The van der Waals surface area contributed by atoms with Gasteiger partial charge in [-0.05, 0) is 38.0 Å². The van der Waals surface area contributed by atoms with Crippen molar-refractivity contribution in [3.05, 3.63) is 33.8 Å². The van der Waals surface area contributed by atoms with Crippen LogP contribution in [0.5, 0.6) is 0 Å². The quantitative estimate of drug-likeness (QED) is 0.853. The Hall–Kier alpha value is -0.280. The van der Waals surface area contributed by atoms with Gasteiger partial charge in [-0.1, -0.05) is 29.3 Å². The summed E-state index contributed by atoms with van der Waals surface area (Å²) < 4.78 is 0. The number of hydrogen-bond donors (Lipinski definition) is 2. The molecule has 0 saturated carbocycles. The molecule has 0 radical (unpaired) electrons. The zero-order chi connectivity index (χ0) is 12.1. The second-order valence-electron chi connectivity index (χ2n) is 4.12. The fraction of sp³-hybridized carbons (Fsp3) is 0.500. The van der Waals surface area contributed by atoms with Crippen molar-refractivity contribution in [2.45, 2.75) is 39.0 Å². The average molecular weight is 262 g/mol. The molecule has 0 aliphatic rings. The summed E-state index contributed by atoms with van der Waals surface area (Å²) in [6.07, 6.45) is 0.456. The van der Waals surface area contributed by atoms with Crippen molar-refractivity contribution in [2.75, 3.05) is 0 Å². The molecule has 1 aromatic carbocycles. The first-order valence-corrected chi connectivity index (χ1v) is 6.10. The zero-order valence-corrected chi connectivity index (χ0v) is 11.0. The van der Waals surface area contributed by atoms with Gasteiger partial charge >= 0.3 is 0 Å². The van der Waals surface area contributed by atoms with Crippen LogP contribution in [0.4, 0.5) is 0 Å². The first-order valence-electron chi connectivity index (χ1n) is 5.34. The zero-order valence-electron chi connectivity index (χ0n) is 9.50. The van der Waals surface area contributed by atoms with Crippen LogP contribution in [-0.4, -0.2) is 17.3 Å².